The third-order valence-electron chi connectivity index (χ3n) is 4.02. The summed E-state index contributed by atoms with van der Waals surface area (Å²) in [4.78, 5) is 22.9. The number of rotatable bonds is 4. The van der Waals surface area contributed by atoms with Crippen molar-refractivity contribution in [1.29, 1.82) is 0 Å². The largest absolute Gasteiger partial charge is 0.340 e. The number of carbonyl (C=O) groups excluding carboxylic acids is 1. The highest BCUT2D eigenvalue weighted by molar-refractivity contribution is 7.09. The lowest BCUT2D eigenvalue weighted by atomic mass is 9.98. The number of amides is 1. The van der Waals surface area contributed by atoms with Gasteiger partial charge in [-0.2, -0.15) is 5.10 Å². The van der Waals surface area contributed by atoms with Crippen LogP contribution in [0.15, 0.2) is 18.0 Å². The van der Waals surface area contributed by atoms with E-state index in [1.54, 1.807) is 22.3 Å². The monoisotopic (exact) mass is 319 g/mol. The summed E-state index contributed by atoms with van der Waals surface area (Å²) in [5.41, 5.74) is 1.16. The van der Waals surface area contributed by atoms with Crippen molar-refractivity contribution in [2.24, 2.45) is 0 Å². The zero-order valence-corrected chi connectivity index (χ0v) is 13.8. The molecule has 1 atom stereocenters. The fourth-order valence-corrected chi connectivity index (χ4v) is 3.82. The van der Waals surface area contributed by atoms with Gasteiger partial charge in [0.15, 0.2) is 0 Å². The van der Waals surface area contributed by atoms with Crippen LogP contribution in [0.3, 0.4) is 0 Å². The SMILES string of the molecule is CC(C)c1csc([C@H]2CCCN(C(=O)Cn3cncn3)C2)n1. The van der Waals surface area contributed by atoms with E-state index in [0.29, 0.717) is 11.8 Å². The number of piperidine rings is 1. The van der Waals surface area contributed by atoms with E-state index in [-0.39, 0.29) is 12.5 Å². The van der Waals surface area contributed by atoms with Crippen LogP contribution in [0.4, 0.5) is 0 Å². The van der Waals surface area contributed by atoms with Crippen LogP contribution in [0.2, 0.25) is 0 Å². The summed E-state index contributed by atoms with van der Waals surface area (Å²) in [7, 11) is 0. The predicted molar refractivity (Wildman–Crippen MR) is 84.8 cm³/mol. The Bertz CT molecular complexity index is 622. The molecule has 6 nitrogen and oxygen atoms in total. The number of likely N-dealkylation sites (tertiary alicyclic amines) is 1. The van der Waals surface area contributed by atoms with E-state index in [2.05, 4.69) is 29.3 Å². The van der Waals surface area contributed by atoms with E-state index in [0.717, 1.165) is 31.6 Å². The van der Waals surface area contributed by atoms with Gasteiger partial charge in [0.05, 0.1) is 10.7 Å². The normalized spacial score (nSPS) is 18.9. The fraction of sp³-hybridized carbons (Fsp3) is 0.600. The second-order valence-corrected chi connectivity index (χ2v) is 6.93. The Kier molecular flexibility index (Phi) is 4.52. The van der Waals surface area contributed by atoms with Gasteiger partial charge in [0, 0.05) is 24.4 Å². The highest BCUT2D eigenvalue weighted by Gasteiger charge is 2.27. The highest BCUT2D eigenvalue weighted by atomic mass is 32.1. The van der Waals surface area contributed by atoms with E-state index in [9.17, 15) is 4.79 Å². The van der Waals surface area contributed by atoms with Crippen LogP contribution < -0.4 is 0 Å². The van der Waals surface area contributed by atoms with E-state index < -0.39 is 0 Å². The Hall–Kier alpha value is -1.76. The Morgan fingerprint density at radius 1 is 1.50 bits per heavy atom. The lowest BCUT2D eigenvalue weighted by molar-refractivity contribution is -0.133. The molecule has 118 valence electrons. The molecule has 1 aliphatic rings. The van der Waals surface area contributed by atoms with Gasteiger partial charge < -0.3 is 4.90 Å². The maximum absolute atomic E-state index is 12.4. The summed E-state index contributed by atoms with van der Waals surface area (Å²) in [5.74, 6) is 0.931. The molecule has 3 rings (SSSR count). The van der Waals surface area contributed by atoms with Gasteiger partial charge in [-0.25, -0.2) is 14.6 Å². The Balaban J connectivity index is 1.64. The quantitative estimate of drug-likeness (QED) is 0.867. The van der Waals surface area contributed by atoms with Crippen LogP contribution in [0.1, 0.15) is 49.2 Å². The summed E-state index contributed by atoms with van der Waals surface area (Å²) in [5, 5.41) is 7.32. The molecule has 1 aliphatic heterocycles. The molecule has 0 unspecified atom stereocenters. The van der Waals surface area contributed by atoms with Gasteiger partial charge in [0.1, 0.15) is 19.2 Å². The Labute approximate surface area is 134 Å². The van der Waals surface area contributed by atoms with Crippen LogP contribution >= 0.6 is 11.3 Å². The first-order chi connectivity index (χ1) is 10.6. The second kappa shape index (κ2) is 6.56. The van der Waals surface area contributed by atoms with Crippen LogP contribution in [-0.4, -0.2) is 43.6 Å². The highest BCUT2D eigenvalue weighted by Crippen LogP contribution is 2.30. The van der Waals surface area contributed by atoms with Gasteiger partial charge in [0.25, 0.3) is 0 Å². The molecule has 0 spiro atoms. The first kappa shape index (κ1) is 15.1. The van der Waals surface area contributed by atoms with Crippen LogP contribution in [0, 0.1) is 0 Å². The van der Waals surface area contributed by atoms with E-state index >= 15 is 0 Å². The van der Waals surface area contributed by atoms with Crippen molar-refractivity contribution in [2.75, 3.05) is 13.1 Å². The first-order valence-corrected chi connectivity index (χ1v) is 8.57. The van der Waals surface area contributed by atoms with Crippen molar-refractivity contribution >= 4 is 17.2 Å². The number of thiazole rings is 1. The minimum absolute atomic E-state index is 0.107. The first-order valence-electron chi connectivity index (χ1n) is 7.69. The summed E-state index contributed by atoms with van der Waals surface area (Å²) >= 11 is 1.73. The van der Waals surface area contributed by atoms with Crippen molar-refractivity contribution < 1.29 is 4.79 Å². The third kappa shape index (κ3) is 3.35. The Morgan fingerprint density at radius 2 is 2.36 bits per heavy atom. The molecule has 0 N–H and O–H groups in total. The maximum atomic E-state index is 12.4. The molecule has 0 aromatic carbocycles. The van der Waals surface area contributed by atoms with Gasteiger partial charge in [-0.3, -0.25) is 4.79 Å². The third-order valence-corrected chi connectivity index (χ3v) is 5.04. The van der Waals surface area contributed by atoms with Gasteiger partial charge in [-0.15, -0.1) is 11.3 Å². The number of hydrogen-bond donors (Lipinski definition) is 0. The molecule has 1 fully saturated rings. The molecule has 0 radical (unpaired) electrons. The molecule has 7 heteroatoms. The smallest absolute Gasteiger partial charge is 0.244 e. The zero-order chi connectivity index (χ0) is 15.5. The summed E-state index contributed by atoms with van der Waals surface area (Å²) in [6.07, 6.45) is 5.17. The molecule has 0 aliphatic carbocycles. The summed E-state index contributed by atoms with van der Waals surface area (Å²) in [6.45, 7) is 6.17. The second-order valence-electron chi connectivity index (χ2n) is 6.04. The molecule has 22 heavy (non-hydrogen) atoms. The van der Waals surface area contributed by atoms with E-state index in [4.69, 9.17) is 4.98 Å². The predicted octanol–water partition coefficient (Wildman–Crippen LogP) is 2.26. The topological polar surface area (TPSA) is 63.9 Å². The fourth-order valence-electron chi connectivity index (χ4n) is 2.71. The van der Waals surface area contributed by atoms with Gasteiger partial charge >= 0.3 is 0 Å². The van der Waals surface area contributed by atoms with Crippen molar-refractivity contribution in [1.82, 2.24) is 24.6 Å². The zero-order valence-electron chi connectivity index (χ0n) is 13.0. The van der Waals surface area contributed by atoms with Crippen molar-refractivity contribution in [3.8, 4) is 0 Å². The summed E-state index contributed by atoms with van der Waals surface area (Å²) < 4.78 is 1.58. The molecule has 2 aromatic rings. The molecular formula is C15H21N5OS. The molecule has 1 amide bonds. The average Bonchev–Trinajstić information content (AvgIpc) is 3.18. The number of aromatic nitrogens is 4. The molecule has 0 bridgehead atoms. The molecule has 3 heterocycles. The Morgan fingerprint density at radius 3 is 3.05 bits per heavy atom. The van der Waals surface area contributed by atoms with Gasteiger partial charge in [-0.1, -0.05) is 13.8 Å². The van der Waals surface area contributed by atoms with E-state index in [1.807, 2.05) is 4.90 Å². The van der Waals surface area contributed by atoms with Crippen molar-refractivity contribution in [2.45, 2.75) is 45.1 Å². The molecule has 1 saturated heterocycles. The summed E-state index contributed by atoms with van der Waals surface area (Å²) in [6, 6.07) is 0. The van der Waals surface area contributed by atoms with Crippen LogP contribution in [-0.2, 0) is 11.3 Å². The maximum Gasteiger partial charge on any atom is 0.244 e. The van der Waals surface area contributed by atoms with Crippen LogP contribution in [0.5, 0.6) is 0 Å². The number of hydrogen-bond acceptors (Lipinski definition) is 5. The lowest BCUT2D eigenvalue weighted by Gasteiger charge is -2.31. The van der Waals surface area contributed by atoms with Crippen molar-refractivity contribution in [3.05, 3.63) is 28.7 Å². The standard InChI is InChI=1S/C15H21N5OS/c1-11(2)13-8-22-15(18-13)12-4-3-5-19(6-12)14(21)7-20-10-16-9-17-20/h8-12H,3-7H2,1-2H3/t12-/m0/s1. The number of carbonyl (C=O) groups is 1. The van der Waals surface area contributed by atoms with Crippen molar-refractivity contribution in [3.63, 3.8) is 0 Å². The van der Waals surface area contributed by atoms with E-state index in [1.165, 1.54) is 11.3 Å². The van der Waals surface area contributed by atoms with Gasteiger partial charge in [0.2, 0.25) is 5.91 Å². The molecule has 0 saturated carbocycles. The van der Waals surface area contributed by atoms with Gasteiger partial charge in [-0.05, 0) is 18.8 Å². The number of nitrogens with zero attached hydrogens (tertiary/aromatic N) is 5. The minimum Gasteiger partial charge on any atom is -0.340 e. The van der Waals surface area contributed by atoms with Crippen LogP contribution in [0.25, 0.3) is 0 Å². The lowest BCUT2D eigenvalue weighted by Crippen LogP contribution is -2.40. The average molecular weight is 319 g/mol. The minimum atomic E-state index is 0.107. The molecular weight excluding hydrogens is 298 g/mol. The molecule has 2 aromatic heterocycles.